The first-order valence-corrected chi connectivity index (χ1v) is 13.5. The number of rotatable bonds is 9. The first-order chi connectivity index (χ1) is 13.6. The molecule has 0 N–H and O–H groups in total. The Morgan fingerprint density at radius 1 is 1.00 bits per heavy atom. The van der Waals surface area contributed by atoms with Gasteiger partial charge in [0.05, 0.1) is 0 Å². The standard InChI is InChI=1S/C27H45Br/c1-5-9-13-20(7-3)27(21-16-18-22(28)19-17-21)25(8-4)23(12-6-2)24-14-10-11-15-26(24)27/h7-8,20-26H,3-6,9-19H2,1-2H3. The molecule has 0 amide bonds. The van der Waals surface area contributed by atoms with Gasteiger partial charge in [-0.05, 0) is 92.3 Å². The molecule has 0 aromatic heterocycles. The molecule has 6 unspecified atom stereocenters. The van der Waals surface area contributed by atoms with Gasteiger partial charge in [0, 0.05) is 4.83 Å². The van der Waals surface area contributed by atoms with Gasteiger partial charge in [0.1, 0.15) is 0 Å². The van der Waals surface area contributed by atoms with Gasteiger partial charge >= 0.3 is 0 Å². The van der Waals surface area contributed by atoms with Gasteiger partial charge in [0.2, 0.25) is 0 Å². The minimum Gasteiger partial charge on any atom is -0.103 e. The molecule has 0 aromatic carbocycles. The average Bonchev–Trinajstić information content (AvgIpc) is 3.00. The maximum Gasteiger partial charge on any atom is 0.0146 e. The summed E-state index contributed by atoms with van der Waals surface area (Å²) in [5, 5.41) is 0. The third-order valence-corrected chi connectivity index (χ3v) is 10.0. The third kappa shape index (κ3) is 3.95. The summed E-state index contributed by atoms with van der Waals surface area (Å²) in [5.41, 5.74) is 0.441. The highest BCUT2D eigenvalue weighted by molar-refractivity contribution is 9.09. The van der Waals surface area contributed by atoms with Crippen LogP contribution < -0.4 is 0 Å². The topological polar surface area (TPSA) is 0 Å². The molecule has 0 heterocycles. The summed E-state index contributed by atoms with van der Waals surface area (Å²) in [6, 6.07) is 0. The van der Waals surface area contributed by atoms with Crippen LogP contribution in [0.5, 0.6) is 0 Å². The van der Waals surface area contributed by atoms with Gasteiger partial charge in [-0.3, -0.25) is 0 Å². The van der Waals surface area contributed by atoms with E-state index in [1.54, 1.807) is 0 Å². The highest BCUT2D eigenvalue weighted by Gasteiger charge is 2.63. The molecule has 3 saturated carbocycles. The maximum atomic E-state index is 4.49. The SMILES string of the molecule is C=CC(CCCC)C1(C2CCC(Br)CC2)C(C=C)C(CCC)C2CCCCC21. The second-order valence-corrected chi connectivity index (χ2v) is 11.5. The highest BCUT2D eigenvalue weighted by Crippen LogP contribution is 2.69. The first-order valence-electron chi connectivity index (χ1n) is 12.5. The van der Waals surface area contributed by atoms with E-state index in [9.17, 15) is 0 Å². The van der Waals surface area contributed by atoms with Crippen molar-refractivity contribution in [3.8, 4) is 0 Å². The van der Waals surface area contributed by atoms with E-state index in [2.05, 4.69) is 55.1 Å². The molecule has 0 spiro atoms. The van der Waals surface area contributed by atoms with Crippen LogP contribution >= 0.6 is 15.9 Å². The largest absolute Gasteiger partial charge is 0.103 e. The summed E-state index contributed by atoms with van der Waals surface area (Å²) in [4.78, 5) is 0.746. The van der Waals surface area contributed by atoms with E-state index >= 15 is 0 Å². The van der Waals surface area contributed by atoms with Gasteiger partial charge in [0.25, 0.3) is 0 Å². The molecule has 0 nitrogen and oxygen atoms in total. The molecule has 160 valence electrons. The van der Waals surface area contributed by atoms with Crippen LogP contribution in [-0.4, -0.2) is 4.83 Å². The molecule has 0 radical (unpaired) electrons. The Labute approximate surface area is 184 Å². The van der Waals surface area contributed by atoms with E-state index < -0.39 is 0 Å². The lowest BCUT2D eigenvalue weighted by Gasteiger charge is -2.54. The van der Waals surface area contributed by atoms with Crippen molar-refractivity contribution in [2.45, 2.75) is 102 Å². The van der Waals surface area contributed by atoms with Gasteiger partial charge < -0.3 is 0 Å². The molecular formula is C27H45Br. The predicted molar refractivity (Wildman–Crippen MR) is 128 cm³/mol. The van der Waals surface area contributed by atoms with Crippen LogP contribution in [0.3, 0.4) is 0 Å². The van der Waals surface area contributed by atoms with Gasteiger partial charge in [-0.25, -0.2) is 0 Å². The number of hydrogen-bond donors (Lipinski definition) is 0. The Bertz CT molecular complexity index is 502. The quantitative estimate of drug-likeness (QED) is 0.243. The van der Waals surface area contributed by atoms with Crippen LogP contribution in [0.15, 0.2) is 25.3 Å². The number of allylic oxidation sites excluding steroid dienone is 2. The molecule has 6 atom stereocenters. The molecule has 3 fully saturated rings. The molecule has 3 aliphatic carbocycles. The molecule has 3 aliphatic rings. The predicted octanol–water partition coefficient (Wildman–Crippen LogP) is 8.96. The fourth-order valence-electron chi connectivity index (χ4n) is 8.23. The molecule has 28 heavy (non-hydrogen) atoms. The average molecular weight is 450 g/mol. The fraction of sp³-hybridized carbons (Fsp3) is 0.852. The molecular weight excluding hydrogens is 404 g/mol. The number of halogens is 1. The van der Waals surface area contributed by atoms with Crippen molar-refractivity contribution in [3.63, 3.8) is 0 Å². The number of fused-ring (bicyclic) bond motifs is 1. The minimum absolute atomic E-state index is 0.441. The second-order valence-electron chi connectivity index (χ2n) is 10.2. The lowest BCUT2D eigenvalue weighted by atomic mass is 9.51. The second kappa shape index (κ2) is 10.3. The summed E-state index contributed by atoms with van der Waals surface area (Å²) < 4.78 is 0. The monoisotopic (exact) mass is 448 g/mol. The van der Waals surface area contributed by atoms with E-state index in [1.165, 1.54) is 83.5 Å². The van der Waals surface area contributed by atoms with Gasteiger partial charge in [-0.1, -0.05) is 74.0 Å². The van der Waals surface area contributed by atoms with Crippen molar-refractivity contribution in [2.24, 2.45) is 40.9 Å². The Hall–Kier alpha value is -0.0400. The highest BCUT2D eigenvalue weighted by atomic mass is 79.9. The summed E-state index contributed by atoms with van der Waals surface area (Å²) in [6.07, 6.45) is 23.0. The molecule has 0 saturated heterocycles. The van der Waals surface area contributed by atoms with E-state index in [4.69, 9.17) is 0 Å². The number of unbranched alkanes of at least 4 members (excludes halogenated alkanes) is 1. The van der Waals surface area contributed by atoms with Gasteiger partial charge in [-0.2, -0.15) is 0 Å². The first kappa shape index (κ1) is 22.6. The van der Waals surface area contributed by atoms with Gasteiger partial charge in [0.15, 0.2) is 0 Å². The Morgan fingerprint density at radius 3 is 2.32 bits per heavy atom. The van der Waals surface area contributed by atoms with Crippen molar-refractivity contribution < 1.29 is 0 Å². The molecule has 0 aromatic rings. The molecule has 0 bridgehead atoms. The summed E-state index contributed by atoms with van der Waals surface area (Å²) >= 11 is 3.94. The maximum absolute atomic E-state index is 4.49. The zero-order chi connectivity index (χ0) is 20.1. The zero-order valence-corrected chi connectivity index (χ0v) is 20.3. The molecule has 1 heteroatoms. The van der Waals surface area contributed by atoms with Crippen molar-refractivity contribution >= 4 is 15.9 Å². The van der Waals surface area contributed by atoms with E-state index in [1.807, 2.05) is 0 Å². The summed E-state index contributed by atoms with van der Waals surface area (Å²) in [6.45, 7) is 13.7. The van der Waals surface area contributed by atoms with E-state index in [0.717, 1.165) is 28.5 Å². The zero-order valence-electron chi connectivity index (χ0n) is 18.7. The smallest absolute Gasteiger partial charge is 0.0146 e. The third-order valence-electron chi connectivity index (χ3n) is 9.09. The molecule has 3 rings (SSSR count). The minimum atomic E-state index is 0.441. The summed E-state index contributed by atoms with van der Waals surface area (Å²) in [7, 11) is 0. The van der Waals surface area contributed by atoms with Gasteiger partial charge in [-0.15, -0.1) is 13.2 Å². The van der Waals surface area contributed by atoms with Crippen LogP contribution in [0.1, 0.15) is 97.3 Å². The van der Waals surface area contributed by atoms with E-state index in [0.29, 0.717) is 17.3 Å². The van der Waals surface area contributed by atoms with Crippen molar-refractivity contribution in [1.29, 1.82) is 0 Å². The lowest BCUT2D eigenvalue weighted by molar-refractivity contribution is -0.0273. The van der Waals surface area contributed by atoms with Crippen molar-refractivity contribution in [3.05, 3.63) is 25.3 Å². The summed E-state index contributed by atoms with van der Waals surface area (Å²) in [5.74, 6) is 4.99. The van der Waals surface area contributed by atoms with Crippen LogP contribution in [0.4, 0.5) is 0 Å². The Kier molecular flexibility index (Phi) is 8.34. The van der Waals surface area contributed by atoms with Crippen LogP contribution in [0, 0.1) is 40.9 Å². The van der Waals surface area contributed by atoms with E-state index in [-0.39, 0.29) is 0 Å². The molecule has 0 aliphatic heterocycles. The lowest BCUT2D eigenvalue weighted by Crippen LogP contribution is -2.48. The number of alkyl halides is 1. The Balaban J connectivity index is 2.08. The van der Waals surface area contributed by atoms with Crippen LogP contribution in [0.25, 0.3) is 0 Å². The fourth-order valence-corrected chi connectivity index (χ4v) is 8.76. The van der Waals surface area contributed by atoms with Crippen LogP contribution in [-0.2, 0) is 0 Å². The van der Waals surface area contributed by atoms with Crippen molar-refractivity contribution in [2.75, 3.05) is 0 Å². The van der Waals surface area contributed by atoms with Crippen LogP contribution in [0.2, 0.25) is 0 Å². The number of hydrogen-bond acceptors (Lipinski definition) is 0. The Morgan fingerprint density at radius 2 is 1.71 bits per heavy atom. The van der Waals surface area contributed by atoms with Crippen molar-refractivity contribution in [1.82, 2.24) is 0 Å². The normalized spacial score (nSPS) is 42.0.